The van der Waals surface area contributed by atoms with Gasteiger partial charge < -0.3 is 10.6 Å². The Balaban J connectivity index is 1.40. The normalized spacial score (nSPS) is 41.5. The number of hydrogen-bond acceptors (Lipinski definition) is 2. The summed E-state index contributed by atoms with van der Waals surface area (Å²) in [7, 11) is 0. The Kier molecular flexibility index (Phi) is 2.88. The quantitative estimate of drug-likeness (QED) is 0.755. The summed E-state index contributed by atoms with van der Waals surface area (Å²) in [6.45, 7) is 1.96. The van der Waals surface area contributed by atoms with Gasteiger partial charge in [-0.2, -0.15) is 0 Å². The molecule has 2 saturated carbocycles. The van der Waals surface area contributed by atoms with Gasteiger partial charge in [0.25, 0.3) is 0 Å². The number of amides is 1. The summed E-state index contributed by atoms with van der Waals surface area (Å²) in [5, 5.41) is 6.61. The molecule has 3 heteroatoms. The van der Waals surface area contributed by atoms with Gasteiger partial charge in [0, 0.05) is 18.5 Å². The van der Waals surface area contributed by atoms with E-state index in [1.54, 1.807) is 0 Å². The molecule has 1 aliphatic heterocycles. The number of piperidine rings is 1. The van der Waals surface area contributed by atoms with E-state index in [0.717, 1.165) is 24.9 Å². The lowest BCUT2D eigenvalue weighted by Crippen LogP contribution is -2.44. The molecule has 0 aromatic rings. The highest BCUT2D eigenvalue weighted by molar-refractivity contribution is 5.82. The first-order chi connectivity index (χ1) is 7.86. The van der Waals surface area contributed by atoms with Crippen molar-refractivity contribution in [2.75, 3.05) is 13.1 Å². The predicted molar refractivity (Wildman–Crippen MR) is 63.0 cm³/mol. The Morgan fingerprint density at radius 2 is 1.94 bits per heavy atom. The minimum absolute atomic E-state index is 0.335. The van der Waals surface area contributed by atoms with Crippen LogP contribution in [0, 0.1) is 17.8 Å². The molecular weight excluding hydrogens is 200 g/mol. The zero-order valence-corrected chi connectivity index (χ0v) is 9.87. The largest absolute Gasteiger partial charge is 0.354 e. The molecule has 3 nitrogen and oxygen atoms in total. The van der Waals surface area contributed by atoms with E-state index in [9.17, 15) is 4.79 Å². The molecule has 0 aromatic heterocycles. The third-order valence-corrected chi connectivity index (χ3v) is 4.64. The van der Waals surface area contributed by atoms with Crippen molar-refractivity contribution in [1.29, 1.82) is 0 Å². The minimum Gasteiger partial charge on any atom is -0.354 e. The van der Waals surface area contributed by atoms with Gasteiger partial charge in [0.2, 0.25) is 5.91 Å². The molecule has 3 rings (SSSR count). The molecule has 3 unspecified atom stereocenters. The maximum Gasteiger partial charge on any atom is 0.223 e. The van der Waals surface area contributed by atoms with Crippen LogP contribution < -0.4 is 10.6 Å². The van der Waals surface area contributed by atoms with E-state index in [1.807, 2.05) is 0 Å². The third kappa shape index (κ3) is 1.97. The van der Waals surface area contributed by atoms with Crippen molar-refractivity contribution in [3.05, 3.63) is 0 Å². The van der Waals surface area contributed by atoms with E-state index in [1.165, 1.54) is 38.5 Å². The van der Waals surface area contributed by atoms with Crippen LogP contribution in [0.5, 0.6) is 0 Å². The molecule has 0 spiro atoms. The average Bonchev–Trinajstić information content (AvgIpc) is 2.81. The van der Waals surface area contributed by atoms with E-state index in [0.29, 0.717) is 17.9 Å². The van der Waals surface area contributed by atoms with Gasteiger partial charge in [-0.1, -0.05) is 12.8 Å². The molecule has 0 bridgehead atoms. The van der Waals surface area contributed by atoms with Crippen molar-refractivity contribution < 1.29 is 4.79 Å². The summed E-state index contributed by atoms with van der Waals surface area (Å²) in [5.74, 6) is 2.22. The number of hydrogen-bond donors (Lipinski definition) is 2. The maximum absolute atomic E-state index is 11.9. The fourth-order valence-corrected chi connectivity index (χ4v) is 3.65. The Bertz CT molecular complexity index is 263. The molecule has 3 aliphatic rings. The first-order valence-corrected chi connectivity index (χ1v) is 6.87. The van der Waals surface area contributed by atoms with E-state index in [-0.39, 0.29) is 0 Å². The number of fused-ring (bicyclic) bond motifs is 1. The topological polar surface area (TPSA) is 41.1 Å². The number of nitrogens with one attached hydrogen (secondary N) is 2. The lowest BCUT2D eigenvalue weighted by atomic mass is 10.0. The molecule has 0 aromatic carbocycles. The molecule has 0 radical (unpaired) electrons. The summed E-state index contributed by atoms with van der Waals surface area (Å²) in [6.07, 6.45) is 7.76. The summed E-state index contributed by atoms with van der Waals surface area (Å²) in [4.78, 5) is 11.9. The summed E-state index contributed by atoms with van der Waals surface area (Å²) >= 11 is 0. The third-order valence-electron chi connectivity index (χ3n) is 4.64. The van der Waals surface area contributed by atoms with Crippen LogP contribution in [-0.4, -0.2) is 25.0 Å². The smallest absolute Gasteiger partial charge is 0.223 e. The van der Waals surface area contributed by atoms with Crippen molar-refractivity contribution in [3.63, 3.8) is 0 Å². The standard InChI is InChI=1S/C13H22N2O/c16-13(12-10-5-3-6-11(10)12)15-8-9-4-1-2-7-14-9/h9-12,14H,1-8H2,(H,15,16). The highest BCUT2D eigenvalue weighted by Gasteiger charge is 2.56. The molecule has 1 amide bonds. The lowest BCUT2D eigenvalue weighted by Gasteiger charge is -2.23. The summed E-state index contributed by atoms with van der Waals surface area (Å²) in [5.41, 5.74) is 0. The van der Waals surface area contributed by atoms with E-state index in [2.05, 4.69) is 10.6 Å². The molecule has 3 atom stereocenters. The van der Waals surface area contributed by atoms with Crippen LogP contribution in [0.3, 0.4) is 0 Å². The highest BCUT2D eigenvalue weighted by Crippen LogP contribution is 2.57. The molecule has 1 heterocycles. The van der Waals surface area contributed by atoms with Crippen molar-refractivity contribution in [3.8, 4) is 0 Å². The Hall–Kier alpha value is -0.570. The molecule has 16 heavy (non-hydrogen) atoms. The maximum atomic E-state index is 11.9. The van der Waals surface area contributed by atoms with E-state index < -0.39 is 0 Å². The van der Waals surface area contributed by atoms with Crippen molar-refractivity contribution >= 4 is 5.91 Å². The SMILES string of the molecule is O=C(NCC1CCCCN1)C1C2CCCC21. The van der Waals surface area contributed by atoms with E-state index in [4.69, 9.17) is 0 Å². The second-order valence-electron chi connectivity index (χ2n) is 5.68. The Morgan fingerprint density at radius 3 is 2.62 bits per heavy atom. The van der Waals surface area contributed by atoms with Gasteiger partial charge >= 0.3 is 0 Å². The molecule has 3 fully saturated rings. The van der Waals surface area contributed by atoms with Crippen LogP contribution in [-0.2, 0) is 4.79 Å². The fourth-order valence-electron chi connectivity index (χ4n) is 3.65. The molecule has 1 saturated heterocycles. The van der Waals surface area contributed by atoms with Crippen LogP contribution in [0.2, 0.25) is 0 Å². The van der Waals surface area contributed by atoms with Crippen LogP contribution in [0.25, 0.3) is 0 Å². The van der Waals surface area contributed by atoms with Crippen LogP contribution in [0.4, 0.5) is 0 Å². The van der Waals surface area contributed by atoms with Gasteiger partial charge in [0.15, 0.2) is 0 Å². The van der Waals surface area contributed by atoms with Gasteiger partial charge in [-0.05, 0) is 44.1 Å². The number of carbonyl (C=O) groups excluding carboxylic acids is 1. The summed E-state index contributed by atoms with van der Waals surface area (Å²) < 4.78 is 0. The summed E-state index contributed by atoms with van der Waals surface area (Å²) in [6, 6.07) is 0.524. The molecule has 90 valence electrons. The molecule has 2 aliphatic carbocycles. The van der Waals surface area contributed by atoms with Gasteiger partial charge in [-0.3, -0.25) is 4.79 Å². The van der Waals surface area contributed by atoms with Crippen molar-refractivity contribution in [1.82, 2.24) is 10.6 Å². The second-order valence-corrected chi connectivity index (χ2v) is 5.68. The molecular formula is C13H22N2O. The van der Waals surface area contributed by atoms with Gasteiger partial charge in [0.1, 0.15) is 0 Å². The van der Waals surface area contributed by atoms with Crippen LogP contribution in [0.1, 0.15) is 38.5 Å². The lowest BCUT2D eigenvalue weighted by molar-refractivity contribution is -0.123. The van der Waals surface area contributed by atoms with Crippen molar-refractivity contribution in [2.45, 2.75) is 44.6 Å². The zero-order valence-electron chi connectivity index (χ0n) is 9.87. The van der Waals surface area contributed by atoms with Crippen molar-refractivity contribution in [2.24, 2.45) is 17.8 Å². The monoisotopic (exact) mass is 222 g/mol. The first-order valence-electron chi connectivity index (χ1n) is 6.87. The van der Waals surface area contributed by atoms with E-state index >= 15 is 0 Å². The van der Waals surface area contributed by atoms with Gasteiger partial charge in [-0.25, -0.2) is 0 Å². The Morgan fingerprint density at radius 1 is 1.12 bits per heavy atom. The number of rotatable bonds is 3. The van der Waals surface area contributed by atoms with Crippen LogP contribution >= 0.6 is 0 Å². The molecule has 2 N–H and O–H groups in total. The minimum atomic E-state index is 0.335. The fraction of sp³-hybridized carbons (Fsp3) is 0.923. The predicted octanol–water partition coefficient (Wildman–Crippen LogP) is 1.29. The highest BCUT2D eigenvalue weighted by atomic mass is 16.2. The Labute approximate surface area is 97.4 Å². The second kappa shape index (κ2) is 4.36. The van der Waals surface area contributed by atoms with Gasteiger partial charge in [0.05, 0.1) is 0 Å². The van der Waals surface area contributed by atoms with Crippen LogP contribution in [0.15, 0.2) is 0 Å². The zero-order chi connectivity index (χ0) is 11.0. The number of carbonyl (C=O) groups is 1. The first kappa shape index (κ1) is 10.6. The van der Waals surface area contributed by atoms with Gasteiger partial charge in [-0.15, -0.1) is 0 Å². The average molecular weight is 222 g/mol.